The lowest BCUT2D eigenvalue weighted by atomic mass is 9.98. The van der Waals surface area contributed by atoms with E-state index in [4.69, 9.17) is 0 Å². The van der Waals surface area contributed by atoms with Gasteiger partial charge in [-0.1, -0.05) is 20.4 Å². The molecule has 0 N–H and O–H groups in total. The van der Waals surface area contributed by atoms with Gasteiger partial charge < -0.3 is 9.80 Å². The SMILES string of the molecule is C=C(C)C(=O)N1CC2CC1CN(C(=O)C(C)C)C2. The van der Waals surface area contributed by atoms with Gasteiger partial charge in [-0.25, -0.2) is 0 Å². The number of hydrogen-bond donors (Lipinski definition) is 0. The Bertz CT molecular complexity index is 389. The maximum atomic E-state index is 12.0. The molecule has 0 aromatic heterocycles. The molecular weight excluding hydrogens is 228 g/mol. The summed E-state index contributed by atoms with van der Waals surface area (Å²) in [6.07, 6.45) is 1.03. The molecule has 2 heterocycles. The van der Waals surface area contributed by atoms with Crippen LogP contribution in [0.1, 0.15) is 27.2 Å². The van der Waals surface area contributed by atoms with Gasteiger partial charge in [0.2, 0.25) is 11.8 Å². The second-order valence-electron chi connectivity index (χ2n) is 5.89. The molecule has 0 radical (unpaired) electrons. The first-order valence-electron chi connectivity index (χ1n) is 6.65. The predicted octanol–water partition coefficient (Wildman–Crippen LogP) is 1.28. The summed E-state index contributed by atoms with van der Waals surface area (Å²) in [7, 11) is 0. The van der Waals surface area contributed by atoms with Crippen molar-refractivity contribution in [2.45, 2.75) is 33.2 Å². The van der Waals surface area contributed by atoms with Crippen LogP contribution < -0.4 is 0 Å². The van der Waals surface area contributed by atoms with Gasteiger partial charge in [0.15, 0.2) is 0 Å². The first kappa shape index (κ1) is 13.1. The second-order valence-corrected chi connectivity index (χ2v) is 5.89. The number of nitrogens with zero attached hydrogens (tertiary/aromatic N) is 2. The molecule has 0 aliphatic carbocycles. The third kappa shape index (κ3) is 2.28. The summed E-state index contributed by atoms with van der Waals surface area (Å²) in [4.78, 5) is 27.9. The van der Waals surface area contributed by atoms with Crippen molar-refractivity contribution in [3.63, 3.8) is 0 Å². The largest absolute Gasteiger partial charge is 0.340 e. The predicted molar refractivity (Wildman–Crippen MR) is 69.8 cm³/mol. The van der Waals surface area contributed by atoms with Crippen LogP contribution >= 0.6 is 0 Å². The van der Waals surface area contributed by atoms with E-state index < -0.39 is 0 Å². The second kappa shape index (κ2) is 4.75. The summed E-state index contributed by atoms with van der Waals surface area (Å²) in [5.41, 5.74) is 0.587. The molecule has 2 fully saturated rings. The molecule has 18 heavy (non-hydrogen) atoms. The zero-order valence-electron chi connectivity index (χ0n) is 11.5. The third-order valence-corrected chi connectivity index (χ3v) is 3.84. The summed E-state index contributed by atoms with van der Waals surface area (Å²) in [6.45, 7) is 11.6. The Hall–Kier alpha value is -1.32. The lowest BCUT2D eigenvalue weighted by Crippen LogP contribution is -2.47. The van der Waals surface area contributed by atoms with Gasteiger partial charge in [-0.05, 0) is 19.3 Å². The minimum absolute atomic E-state index is 0.0350. The van der Waals surface area contributed by atoms with Gasteiger partial charge in [0.1, 0.15) is 0 Å². The zero-order valence-corrected chi connectivity index (χ0v) is 11.5. The smallest absolute Gasteiger partial charge is 0.249 e. The monoisotopic (exact) mass is 250 g/mol. The fourth-order valence-electron chi connectivity index (χ4n) is 3.00. The number of fused-ring (bicyclic) bond motifs is 2. The minimum atomic E-state index is 0.0350. The number of amides is 2. The Balaban J connectivity index is 2.07. The Morgan fingerprint density at radius 2 is 1.89 bits per heavy atom. The molecule has 2 unspecified atom stereocenters. The van der Waals surface area contributed by atoms with Crippen molar-refractivity contribution in [3.05, 3.63) is 12.2 Å². The molecule has 2 aliphatic heterocycles. The quantitative estimate of drug-likeness (QED) is 0.693. The van der Waals surface area contributed by atoms with Crippen LogP contribution in [0.15, 0.2) is 12.2 Å². The van der Waals surface area contributed by atoms with E-state index in [9.17, 15) is 9.59 Å². The Morgan fingerprint density at radius 1 is 1.22 bits per heavy atom. The molecule has 2 saturated heterocycles. The number of piperidine rings is 1. The molecule has 0 aromatic carbocycles. The molecular formula is C14H22N2O2. The molecule has 0 spiro atoms. The third-order valence-electron chi connectivity index (χ3n) is 3.84. The summed E-state index contributed by atoms with van der Waals surface area (Å²) in [5, 5.41) is 0. The molecule has 4 heteroatoms. The van der Waals surface area contributed by atoms with Crippen LogP contribution in [-0.2, 0) is 9.59 Å². The summed E-state index contributed by atoms with van der Waals surface area (Å²) in [6, 6.07) is 0.190. The Morgan fingerprint density at radius 3 is 2.44 bits per heavy atom. The Kier molecular flexibility index (Phi) is 3.46. The highest BCUT2D eigenvalue weighted by atomic mass is 16.2. The summed E-state index contributed by atoms with van der Waals surface area (Å²) >= 11 is 0. The number of rotatable bonds is 2. The van der Waals surface area contributed by atoms with E-state index in [1.807, 2.05) is 23.6 Å². The van der Waals surface area contributed by atoms with Crippen LogP contribution in [0.2, 0.25) is 0 Å². The molecule has 2 amide bonds. The highest BCUT2D eigenvalue weighted by molar-refractivity contribution is 5.92. The summed E-state index contributed by atoms with van der Waals surface area (Å²) in [5.74, 6) is 0.721. The maximum absolute atomic E-state index is 12.0. The van der Waals surface area contributed by atoms with Gasteiger partial charge in [-0.3, -0.25) is 9.59 Å². The lowest BCUT2D eigenvalue weighted by molar-refractivity contribution is -0.137. The topological polar surface area (TPSA) is 40.6 Å². The van der Waals surface area contributed by atoms with E-state index in [2.05, 4.69) is 6.58 Å². The van der Waals surface area contributed by atoms with Gasteiger partial charge in [0.05, 0.1) is 0 Å². The van der Waals surface area contributed by atoms with Crippen LogP contribution in [0.4, 0.5) is 0 Å². The van der Waals surface area contributed by atoms with E-state index in [1.54, 1.807) is 6.92 Å². The van der Waals surface area contributed by atoms with E-state index in [-0.39, 0.29) is 23.8 Å². The van der Waals surface area contributed by atoms with Crippen molar-refractivity contribution in [3.8, 4) is 0 Å². The van der Waals surface area contributed by atoms with Gasteiger partial charge >= 0.3 is 0 Å². The minimum Gasteiger partial charge on any atom is -0.340 e. The van der Waals surface area contributed by atoms with Crippen LogP contribution in [0.25, 0.3) is 0 Å². The average molecular weight is 250 g/mol. The molecule has 100 valence electrons. The van der Waals surface area contributed by atoms with Gasteiger partial charge in [0, 0.05) is 37.2 Å². The number of carbonyl (C=O) groups excluding carboxylic acids is 2. The van der Waals surface area contributed by atoms with Crippen molar-refractivity contribution in [1.29, 1.82) is 0 Å². The highest BCUT2D eigenvalue weighted by Crippen LogP contribution is 2.31. The fourth-order valence-corrected chi connectivity index (χ4v) is 3.00. The van der Waals surface area contributed by atoms with Crippen LogP contribution in [0.5, 0.6) is 0 Å². The average Bonchev–Trinajstić information content (AvgIpc) is 2.61. The van der Waals surface area contributed by atoms with E-state index in [1.165, 1.54) is 0 Å². The molecule has 0 aromatic rings. The molecule has 2 atom stereocenters. The van der Waals surface area contributed by atoms with Crippen molar-refractivity contribution in [2.75, 3.05) is 19.6 Å². The van der Waals surface area contributed by atoms with Crippen LogP contribution in [-0.4, -0.2) is 47.3 Å². The van der Waals surface area contributed by atoms with E-state index >= 15 is 0 Å². The zero-order chi connectivity index (χ0) is 13.4. The van der Waals surface area contributed by atoms with Crippen molar-refractivity contribution in [1.82, 2.24) is 9.80 Å². The first-order chi connectivity index (χ1) is 8.40. The number of carbonyl (C=O) groups is 2. The highest BCUT2D eigenvalue weighted by Gasteiger charge is 2.42. The van der Waals surface area contributed by atoms with Gasteiger partial charge in [-0.15, -0.1) is 0 Å². The normalized spacial score (nSPS) is 26.7. The van der Waals surface area contributed by atoms with Crippen molar-refractivity contribution < 1.29 is 9.59 Å². The fraction of sp³-hybridized carbons (Fsp3) is 0.714. The van der Waals surface area contributed by atoms with Crippen LogP contribution in [0, 0.1) is 11.8 Å². The van der Waals surface area contributed by atoms with Crippen LogP contribution in [0.3, 0.4) is 0 Å². The maximum Gasteiger partial charge on any atom is 0.249 e. The molecule has 2 aliphatic rings. The van der Waals surface area contributed by atoms with Gasteiger partial charge in [0.25, 0.3) is 0 Å². The molecule has 0 saturated carbocycles. The number of hydrogen-bond acceptors (Lipinski definition) is 2. The Labute approximate surface area is 109 Å². The van der Waals surface area contributed by atoms with Gasteiger partial charge in [-0.2, -0.15) is 0 Å². The first-order valence-corrected chi connectivity index (χ1v) is 6.65. The molecule has 2 rings (SSSR count). The number of likely N-dealkylation sites (tertiary alicyclic amines) is 2. The summed E-state index contributed by atoms with van der Waals surface area (Å²) < 4.78 is 0. The molecule has 4 nitrogen and oxygen atoms in total. The standard InChI is InChI=1S/C14H22N2O2/c1-9(2)13(17)15-6-11-5-12(8-15)16(7-11)14(18)10(3)4/h9,11-12H,3,5-8H2,1-2,4H3. The molecule has 2 bridgehead atoms. The van der Waals surface area contributed by atoms with Crippen molar-refractivity contribution in [2.24, 2.45) is 11.8 Å². The van der Waals surface area contributed by atoms with E-state index in [0.29, 0.717) is 18.0 Å². The lowest BCUT2D eigenvalue weighted by Gasteiger charge is -2.33. The van der Waals surface area contributed by atoms with E-state index in [0.717, 1.165) is 19.5 Å². The van der Waals surface area contributed by atoms with Crippen molar-refractivity contribution >= 4 is 11.8 Å².